The van der Waals surface area contributed by atoms with Gasteiger partial charge in [0.15, 0.2) is 0 Å². The van der Waals surface area contributed by atoms with Crippen LogP contribution in [0.5, 0.6) is 0 Å². The molecule has 0 aromatic rings. The molecule has 0 heterocycles. The number of hydrogen-bond acceptors (Lipinski definition) is 0. The van der Waals surface area contributed by atoms with E-state index in [2.05, 4.69) is 0 Å². The Morgan fingerprint density at radius 1 is 1.33 bits per heavy atom. The zero-order valence-electron chi connectivity index (χ0n) is 6.65. The number of halogens is 3. The predicted molar refractivity (Wildman–Crippen MR) is 41.7 cm³/mol. The SMILES string of the molecule is CC1=CC=CCC=C1C(F)(F)F. The van der Waals surface area contributed by atoms with E-state index >= 15 is 0 Å². The highest BCUT2D eigenvalue weighted by Crippen LogP contribution is 2.32. The predicted octanol–water partition coefficient (Wildman–Crippen LogP) is 3.38. The van der Waals surface area contributed by atoms with E-state index in [-0.39, 0.29) is 5.57 Å². The molecule has 0 saturated carbocycles. The minimum absolute atomic E-state index is 0.274. The largest absolute Gasteiger partial charge is 0.416 e. The molecule has 0 atom stereocenters. The van der Waals surface area contributed by atoms with Gasteiger partial charge in [-0.25, -0.2) is 0 Å². The Kier molecular flexibility index (Phi) is 2.40. The lowest BCUT2D eigenvalue weighted by Gasteiger charge is -2.10. The van der Waals surface area contributed by atoms with Gasteiger partial charge in [-0.2, -0.15) is 13.2 Å². The minimum atomic E-state index is -4.22. The van der Waals surface area contributed by atoms with Gasteiger partial charge in [0.05, 0.1) is 5.57 Å². The maximum absolute atomic E-state index is 12.2. The van der Waals surface area contributed by atoms with Crippen LogP contribution in [0.25, 0.3) is 0 Å². The fourth-order valence-electron chi connectivity index (χ4n) is 1.07. The van der Waals surface area contributed by atoms with Crippen molar-refractivity contribution in [1.82, 2.24) is 0 Å². The quantitative estimate of drug-likeness (QED) is 0.528. The lowest BCUT2D eigenvalue weighted by molar-refractivity contribution is -0.0894. The van der Waals surface area contributed by atoms with Crippen LogP contribution < -0.4 is 0 Å². The van der Waals surface area contributed by atoms with E-state index in [9.17, 15) is 13.2 Å². The van der Waals surface area contributed by atoms with Crippen molar-refractivity contribution in [3.8, 4) is 0 Å². The van der Waals surface area contributed by atoms with Crippen molar-refractivity contribution in [3.05, 3.63) is 35.5 Å². The third-order valence-corrected chi connectivity index (χ3v) is 1.67. The third-order valence-electron chi connectivity index (χ3n) is 1.67. The van der Waals surface area contributed by atoms with Gasteiger partial charge in [0, 0.05) is 0 Å². The molecule has 3 heteroatoms. The first-order valence-electron chi connectivity index (χ1n) is 3.63. The molecule has 1 aliphatic carbocycles. The van der Waals surface area contributed by atoms with E-state index in [0.717, 1.165) is 0 Å². The van der Waals surface area contributed by atoms with Crippen LogP contribution in [-0.2, 0) is 0 Å². The molecule has 66 valence electrons. The van der Waals surface area contributed by atoms with Gasteiger partial charge in [0.2, 0.25) is 0 Å². The maximum Gasteiger partial charge on any atom is 0.416 e. The maximum atomic E-state index is 12.2. The Balaban J connectivity index is 2.98. The molecule has 1 rings (SSSR count). The van der Waals surface area contributed by atoms with E-state index in [0.29, 0.717) is 6.42 Å². The number of alkyl halides is 3. The highest BCUT2D eigenvalue weighted by atomic mass is 19.4. The molecule has 0 nitrogen and oxygen atoms in total. The molecular weight excluding hydrogens is 165 g/mol. The first-order chi connectivity index (χ1) is 5.52. The van der Waals surface area contributed by atoms with Crippen LogP contribution in [0.15, 0.2) is 35.5 Å². The van der Waals surface area contributed by atoms with Gasteiger partial charge in [-0.1, -0.05) is 24.3 Å². The molecule has 0 saturated heterocycles. The van der Waals surface area contributed by atoms with Gasteiger partial charge in [0.1, 0.15) is 0 Å². The standard InChI is InChI=1S/C9H9F3/c1-7-5-3-2-4-6-8(7)9(10,11)12/h2-3,5-6H,4H2,1H3. The Morgan fingerprint density at radius 2 is 2.00 bits per heavy atom. The summed E-state index contributed by atoms with van der Waals surface area (Å²) < 4.78 is 36.7. The molecule has 0 fully saturated rings. The van der Waals surface area contributed by atoms with Crippen LogP contribution in [0.1, 0.15) is 13.3 Å². The third kappa shape index (κ3) is 2.00. The summed E-state index contributed by atoms with van der Waals surface area (Å²) in [5.74, 6) is 0. The Labute approximate surface area is 69.1 Å². The number of hydrogen-bond donors (Lipinski definition) is 0. The molecule has 12 heavy (non-hydrogen) atoms. The van der Waals surface area contributed by atoms with Crippen molar-refractivity contribution in [1.29, 1.82) is 0 Å². The molecule has 0 N–H and O–H groups in total. The minimum Gasteiger partial charge on any atom is -0.166 e. The molecule has 0 aromatic heterocycles. The summed E-state index contributed by atoms with van der Waals surface area (Å²) in [5.41, 5.74) is -0.247. The van der Waals surface area contributed by atoms with Gasteiger partial charge in [-0.3, -0.25) is 0 Å². The monoisotopic (exact) mass is 174 g/mol. The molecule has 0 aromatic carbocycles. The molecular formula is C9H9F3. The highest BCUT2D eigenvalue weighted by molar-refractivity contribution is 5.37. The van der Waals surface area contributed by atoms with Crippen LogP contribution in [-0.4, -0.2) is 6.18 Å². The van der Waals surface area contributed by atoms with Crippen molar-refractivity contribution in [2.75, 3.05) is 0 Å². The zero-order chi connectivity index (χ0) is 9.19. The van der Waals surface area contributed by atoms with E-state index in [1.165, 1.54) is 19.1 Å². The van der Waals surface area contributed by atoms with Crippen molar-refractivity contribution in [2.24, 2.45) is 0 Å². The summed E-state index contributed by atoms with van der Waals surface area (Å²) in [6, 6.07) is 0. The Morgan fingerprint density at radius 3 is 2.58 bits per heavy atom. The van der Waals surface area contributed by atoms with E-state index in [4.69, 9.17) is 0 Å². The summed E-state index contributed by atoms with van der Waals surface area (Å²) in [7, 11) is 0. The average molecular weight is 174 g/mol. The number of allylic oxidation sites excluding steroid dienone is 6. The van der Waals surface area contributed by atoms with Crippen LogP contribution in [0.2, 0.25) is 0 Å². The topological polar surface area (TPSA) is 0 Å². The summed E-state index contributed by atoms with van der Waals surface area (Å²) in [4.78, 5) is 0. The second-order valence-corrected chi connectivity index (χ2v) is 2.63. The lowest BCUT2D eigenvalue weighted by Crippen LogP contribution is -2.12. The Hall–Kier alpha value is -0.990. The van der Waals surface area contributed by atoms with Crippen LogP contribution in [0.3, 0.4) is 0 Å². The van der Waals surface area contributed by atoms with Crippen molar-refractivity contribution in [3.63, 3.8) is 0 Å². The first-order valence-corrected chi connectivity index (χ1v) is 3.63. The molecule has 0 unspecified atom stereocenters. The van der Waals surface area contributed by atoms with Crippen molar-refractivity contribution >= 4 is 0 Å². The smallest absolute Gasteiger partial charge is 0.166 e. The second-order valence-electron chi connectivity index (χ2n) is 2.63. The summed E-state index contributed by atoms with van der Waals surface area (Å²) in [6.45, 7) is 1.47. The lowest BCUT2D eigenvalue weighted by atomic mass is 10.1. The molecule has 0 radical (unpaired) electrons. The number of rotatable bonds is 0. The van der Waals surface area contributed by atoms with E-state index < -0.39 is 11.7 Å². The van der Waals surface area contributed by atoms with Crippen molar-refractivity contribution in [2.45, 2.75) is 19.5 Å². The molecule has 0 bridgehead atoms. The zero-order valence-corrected chi connectivity index (χ0v) is 6.65. The van der Waals surface area contributed by atoms with Crippen LogP contribution >= 0.6 is 0 Å². The van der Waals surface area contributed by atoms with E-state index in [1.807, 2.05) is 0 Å². The van der Waals surface area contributed by atoms with Crippen LogP contribution in [0, 0.1) is 0 Å². The molecule has 0 aliphatic heterocycles. The highest BCUT2D eigenvalue weighted by Gasteiger charge is 2.33. The molecule has 1 aliphatic rings. The van der Waals surface area contributed by atoms with Gasteiger partial charge >= 0.3 is 6.18 Å². The molecule has 0 amide bonds. The van der Waals surface area contributed by atoms with Crippen LogP contribution in [0.4, 0.5) is 13.2 Å². The fourth-order valence-corrected chi connectivity index (χ4v) is 1.07. The second kappa shape index (κ2) is 3.17. The van der Waals surface area contributed by atoms with Gasteiger partial charge in [0.25, 0.3) is 0 Å². The summed E-state index contributed by atoms with van der Waals surface area (Å²) in [6.07, 6.45) is 2.16. The Bertz CT molecular complexity index is 253. The van der Waals surface area contributed by atoms with Gasteiger partial charge in [-0.15, -0.1) is 0 Å². The molecule has 0 spiro atoms. The summed E-state index contributed by atoms with van der Waals surface area (Å²) in [5, 5.41) is 0. The van der Waals surface area contributed by atoms with Crippen molar-refractivity contribution < 1.29 is 13.2 Å². The fraction of sp³-hybridized carbons (Fsp3) is 0.333. The normalized spacial score (nSPS) is 18.3. The van der Waals surface area contributed by atoms with E-state index in [1.54, 1.807) is 12.2 Å². The average Bonchev–Trinajstić information content (AvgIpc) is 2.11. The first kappa shape index (κ1) is 9.10. The summed E-state index contributed by atoms with van der Waals surface area (Å²) >= 11 is 0. The van der Waals surface area contributed by atoms with Gasteiger partial charge in [-0.05, 0) is 18.9 Å². The van der Waals surface area contributed by atoms with Gasteiger partial charge < -0.3 is 0 Å².